The maximum absolute atomic E-state index is 12.4. The maximum Gasteiger partial charge on any atom is 0.249 e. The van der Waals surface area contributed by atoms with Crippen LogP contribution in [0.25, 0.3) is 0 Å². The van der Waals surface area contributed by atoms with E-state index < -0.39 is 24.2 Å². The predicted octanol–water partition coefficient (Wildman–Crippen LogP) is 12.0. The fraction of sp³-hybridized carbons (Fsp3) is 0.930. The van der Waals surface area contributed by atoms with Crippen molar-refractivity contribution in [2.75, 3.05) is 6.61 Å². The molecule has 0 rings (SSSR count). The van der Waals surface area contributed by atoms with Crippen molar-refractivity contribution in [2.45, 2.75) is 250 Å². The predicted molar refractivity (Wildman–Crippen MR) is 208 cm³/mol. The number of unbranched alkanes of at least 4 members (excludes halogenated alkanes) is 31. The van der Waals surface area contributed by atoms with Crippen LogP contribution >= 0.6 is 0 Å². The molecule has 4 N–H and O–H groups in total. The second-order valence-corrected chi connectivity index (χ2v) is 14.9. The number of hydrogen-bond donors (Lipinski definition) is 4. The van der Waals surface area contributed by atoms with Crippen molar-refractivity contribution in [3.8, 4) is 0 Å². The number of aliphatic hydroxyl groups is 3. The lowest BCUT2D eigenvalue weighted by atomic mass is 10.0. The lowest BCUT2D eigenvalue weighted by Gasteiger charge is -2.21. The van der Waals surface area contributed by atoms with Crippen molar-refractivity contribution in [1.29, 1.82) is 0 Å². The second kappa shape index (κ2) is 38.9. The van der Waals surface area contributed by atoms with Gasteiger partial charge in [0.15, 0.2) is 0 Å². The monoisotopic (exact) mass is 680 g/mol. The van der Waals surface area contributed by atoms with Crippen LogP contribution in [-0.2, 0) is 4.79 Å². The lowest BCUT2D eigenvalue weighted by molar-refractivity contribution is -0.131. The van der Waals surface area contributed by atoms with Gasteiger partial charge >= 0.3 is 0 Å². The van der Waals surface area contributed by atoms with Crippen molar-refractivity contribution in [3.63, 3.8) is 0 Å². The number of nitrogens with one attached hydrogen (secondary N) is 1. The Balaban J connectivity index is 3.57. The number of aliphatic hydroxyl groups excluding tert-OH is 3. The first-order valence-electron chi connectivity index (χ1n) is 21.5. The number of carbonyl (C=O) groups excluding carboxylic acids is 1. The van der Waals surface area contributed by atoms with Crippen LogP contribution in [0, 0.1) is 0 Å². The molecule has 0 aliphatic rings. The molecular formula is C43H85NO4. The third-order valence-electron chi connectivity index (χ3n) is 10.1. The molecule has 5 heteroatoms. The molecule has 0 bridgehead atoms. The van der Waals surface area contributed by atoms with Crippen molar-refractivity contribution >= 4 is 5.91 Å². The molecule has 0 aromatic rings. The van der Waals surface area contributed by atoms with E-state index in [2.05, 4.69) is 19.2 Å². The molecule has 0 aromatic heterocycles. The number of allylic oxidation sites excluding steroid dienone is 1. The molecule has 0 saturated carbocycles. The molecule has 0 aliphatic heterocycles. The van der Waals surface area contributed by atoms with Gasteiger partial charge in [0.1, 0.15) is 6.10 Å². The van der Waals surface area contributed by atoms with E-state index in [1.54, 1.807) is 6.08 Å². The van der Waals surface area contributed by atoms with Gasteiger partial charge in [0, 0.05) is 0 Å². The molecule has 1 amide bonds. The summed E-state index contributed by atoms with van der Waals surface area (Å²) in [6.45, 7) is 4.18. The minimum Gasteiger partial charge on any atom is -0.394 e. The molecule has 0 heterocycles. The summed E-state index contributed by atoms with van der Waals surface area (Å²) in [6, 6.07) is -0.791. The fourth-order valence-electron chi connectivity index (χ4n) is 6.71. The number of carbonyl (C=O) groups is 1. The standard InChI is InChI=1S/C43H85NO4/c1-3-5-7-9-11-13-15-16-17-18-19-20-21-22-23-24-25-26-28-30-32-34-36-38-42(47)43(48)44-40(39-45)41(46)37-35-33-31-29-27-14-12-10-8-6-4-2/h35,37,40-42,45-47H,3-34,36,38-39H2,1-2H3,(H,44,48)/b37-35+. The lowest BCUT2D eigenvalue weighted by Crippen LogP contribution is -2.48. The highest BCUT2D eigenvalue weighted by molar-refractivity contribution is 5.80. The Bertz CT molecular complexity index is 669. The Morgan fingerprint density at radius 3 is 1.15 bits per heavy atom. The van der Waals surface area contributed by atoms with Gasteiger partial charge in [-0.05, 0) is 19.3 Å². The zero-order valence-electron chi connectivity index (χ0n) is 32.4. The first-order valence-corrected chi connectivity index (χ1v) is 21.5. The molecule has 286 valence electrons. The first-order chi connectivity index (χ1) is 23.6. The fourth-order valence-corrected chi connectivity index (χ4v) is 6.71. The molecule has 0 aliphatic carbocycles. The van der Waals surface area contributed by atoms with Crippen LogP contribution in [0.3, 0.4) is 0 Å². The van der Waals surface area contributed by atoms with Gasteiger partial charge in [-0.25, -0.2) is 0 Å². The van der Waals surface area contributed by atoms with Crippen molar-refractivity contribution in [2.24, 2.45) is 0 Å². The van der Waals surface area contributed by atoms with E-state index >= 15 is 0 Å². The Kier molecular flexibility index (Phi) is 38.1. The van der Waals surface area contributed by atoms with Gasteiger partial charge in [0.25, 0.3) is 0 Å². The highest BCUT2D eigenvalue weighted by atomic mass is 16.3. The van der Waals surface area contributed by atoms with Gasteiger partial charge < -0.3 is 20.6 Å². The van der Waals surface area contributed by atoms with E-state index in [9.17, 15) is 20.1 Å². The van der Waals surface area contributed by atoms with Gasteiger partial charge in [0.05, 0.1) is 18.8 Å². The zero-order valence-corrected chi connectivity index (χ0v) is 32.4. The Labute approximate surface area is 299 Å². The second-order valence-electron chi connectivity index (χ2n) is 14.9. The average molecular weight is 680 g/mol. The summed E-state index contributed by atoms with van der Waals surface area (Å²) in [7, 11) is 0. The van der Waals surface area contributed by atoms with E-state index in [1.807, 2.05) is 6.08 Å². The topological polar surface area (TPSA) is 89.8 Å². The first kappa shape index (κ1) is 47.1. The molecule has 0 aromatic carbocycles. The number of rotatable bonds is 39. The van der Waals surface area contributed by atoms with Gasteiger partial charge in [0.2, 0.25) is 5.91 Å². The normalized spacial score (nSPS) is 13.7. The largest absolute Gasteiger partial charge is 0.394 e. The summed E-state index contributed by atoms with van der Waals surface area (Å²) in [4.78, 5) is 12.4. The van der Waals surface area contributed by atoms with Gasteiger partial charge in [-0.1, -0.05) is 225 Å². The zero-order chi connectivity index (χ0) is 35.2. The summed E-state index contributed by atoms with van der Waals surface area (Å²) in [5.41, 5.74) is 0. The summed E-state index contributed by atoms with van der Waals surface area (Å²) in [5, 5.41) is 33.0. The van der Waals surface area contributed by atoms with Crippen LogP contribution in [0.4, 0.5) is 0 Å². The highest BCUT2D eigenvalue weighted by Crippen LogP contribution is 2.16. The molecule has 48 heavy (non-hydrogen) atoms. The van der Waals surface area contributed by atoms with Crippen LogP contribution < -0.4 is 5.32 Å². The van der Waals surface area contributed by atoms with Crippen LogP contribution in [0.2, 0.25) is 0 Å². The Hall–Kier alpha value is -0.910. The third kappa shape index (κ3) is 33.6. The molecule has 0 fully saturated rings. The molecule has 3 unspecified atom stereocenters. The summed E-state index contributed by atoms with van der Waals surface area (Å²) in [5.74, 6) is -0.501. The molecule has 3 atom stereocenters. The molecule has 0 spiro atoms. The quantitative estimate of drug-likeness (QED) is 0.0384. The van der Waals surface area contributed by atoms with Crippen molar-refractivity contribution < 1.29 is 20.1 Å². The molecule has 0 radical (unpaired) electrons. The Morgan fingerprint density at radius 1 is 0.500 bits per heavy atom. The van der Waals surface area contributed by atoms with Crippen LogP contribution in [-0.4, -0.2) is 46.1 Å². The summed E-state index contributed by atoms with van der Waals surface area (Å²) >= 11 is 0. The van der Waals surface area contributed by atoms with Gasteiger partial charge in [-0.3, -0.25) is 4.79 Å². The number of amides is 1. The van der Waals surface area contributed by atoms with Crippen LogP contribution in [0.15, 0.2) is 12.2 Å². The number of hydrogen-bond acceptors (Lipinski definition) is 4. The SMILES string of the molecule is CCCCCCCCCCC/C=C/C(O)C(CO)NC(=O)C(O)CCCCCCCCCCCCCCCCCCCCCCCCC. The van der Waals surface area contributed by atoms with E-state index in [1.165, 1.54) is 180 Å². The maximum atomic E-state index is 12.4. The highest BCUT2D eigenvalue weighted by Gasteiger charge is 2.22. The minimum atomic E-state index is -1.09. The minimum absolute atomic E-state index is 0.360. The van der Waals surface area contributed by atoms with E-state index in [0.29, 0.717) is 6.42 Å². The van der Waals surface area contributed by atoms with E-state index in [4.69, 9.17) is 0 Å². The summed E-state index contributed by atoms with van der Waals surface area (Å²) in [6.07, 6.45) is 45.3. The van der Waals surface area contributed by atoms with E-state index in [0.717, 1.165) is 32.1 Å². The van der Waals surface area contributed by atoms with Crippen LogP contribution in [0.5, 0.6) is 0 Å². The molecule has 5 nitrogen and oxygen atoms in total. The van der Waals surface area contributed by atoms with E-state index in [-0.39, 0.29) is 6.61 Å². The molecular weight excluding hydrogens is 594 g/mol. The Morgan fingerprint density at radius 2 is 0.812 bits per heavy atom. The summed E-state index contributed by atoms with van der Waals surface area (Å²) < 4.78 is 0. The van der Waals surface area contributed by atoms with Crippen molar-refractivity contribution in [3.05, 3.63) is 12.2 Å². The smallest absolute Gasteiger partial charge is 0.249 e. The van der Waals surface area contributed by atoms with Crippen LogP contribution in [0.1, 0.15) is 232 Å². The third-order valence-corrected chi connectivity index (χ3v) is 10.1. The van der Waals surface area contributed by atoms with Gasteiger partial charge in [-0.15, -0.1) is 0 Å². The van der Waals surface area contributed by atoms with Gasteiger partial charge in [-0.2, -0.15) is 0 Å². The average Bonchev–Trinajstić information content (AvgIpc) is 3.09. The molecule has 0 saturated heterocycles. The van der Waals surface area contributed by atoms with Crippen molar-refractivity contribution in [1.82, 2.24) is 5.32 Å².